The molecule has 1 rings (SSSR count). The van der Waals surface area contributed by atoms with Crippen molar-refractivity contribution in [1.82, 2.24) is 0 Å². The first-order valence-corrected chi connectivity index (χ1v) is 5.50. The maximum absolute atomic E-state index is 13.3. The first kappa shape index (κ1) is 11.8. The van der Waals surface area contributed by atoms with Gasteiger partial charge in [0.25, 0.3) is 0 Å². The van der Waals surface area contributed by atoms with Gasteiger partial charge < -0.3 is 10.8 Å². The van der Waals surface area contributed by atoms with Crippen molar-refractivity contribution in [1.29, 1.82) is 0 Å². The molecule has 15 heavy (non-hydrogen) atoms. The molecule has 0 bridgehead atoms. The molecule has 0 atom stereocenters. The number of anilines is 1. The fraction of sp³-hybridized carbons (Fsp3) is 0.300. The van der Waals surface area contributed by atoms with Gasteiger partial charge in [-0.05, 0) is 24.3 Å². The second-order valence-electron chi connectivity index (χ2n) is 3.02. The third-order valence-electron chi connectivity index (χ3n) is 1.79. The Balaban J connectivity index is 3.02. The molecule has 0 aliphatic rings. The van der Waals surface area contributed by atoms with Crippen LogP contribution in [0.15, 0.2) is 17.0 Å². The molecule has 3 nitrogen and oxygen atoms in total. The van der Waals surface area contributed by atoms with E-state index in [-0.39, 0.29) is 5.56 Å². The number of hydrogen-bond acceptors (Lipinski definition) is 3. The van der Waals surface area contributed by atoms with E-state index in [0.29, 0.717) is 10.6 Å². The molecule has 5 heteroatoms. The largest absolute Gasteiger partial charge is 0.478 e. The van der Waals surface area contributed by atoms with Crippen molar-refractivity contribution in [2.45, 2.75) is 18.2 Å². The van der Waals surface area contributed by atoms with Gasteiger partial charge in [0, 0.05) is 10.6 Å². The summed E-state index contributed by atoms with van der Waals surface area (Å²) in [5, 5.41) is 8.65. The zero-order chi connectivity index (χ0) is 11.4. The first-order valence-electron chi connectivity index (χ1n) is 4.51. The lowest BCUT2D eigenvalue weighted by molar-refractivity contribution is 0.0692. The van der Waals surface area contributed by atoms with E-state index in [1.165, 1.54) is 17.8 Å². The molecule has 0 aromatic heterocycles. The molecule has 0 aliphatic carbocycles. The Morgan fingerprint density at radius 1 is 1.60 bits per heavy atom. The highest BCUT2D eigenvalue weighted by Crippen LogP contribution is 2.28. The lowest BCUT2D eigenvalue weighted by atomic mass is 10.2. The van der Waals surface area contributed by atoms with Crippen LogP contribution in [0.4, 0.5) is 10.1 Å². The van der Waals surface area contributed by atoms with E-state index in [9.17, 15) is 9.18 Å². The smallest absolute Gasteiger partial charge is 0.338 e. The third kappa shape index (κ3) is 2.86. The lowest BCUT2D eigenvalue weighted by Gasteiger charge is -2.06. The fourth-order valence-electron chi connectivity index (χ4n) is 1.07. The average molecular weight is 229 g/mol. The molecule has 3 N–H and O–H groups in total. The maximum atomic E-state index is 13.3. The van der Waals surface area contributed by atoms with Crippen LogP contribution in [0, 0.1) is 5.82 Å². The second kappa shape index (κ2) is 5.02. The Hall–Kier alpha value is -1.23. The second-order valence-corrected chi connectivity index (χ2v) is 4.16. The highest BCUT2D eigenvalue weighted by atomic mass is 32.2. The van der Waals surface area contributed by atoms with Crippen LogP contribution in [-0.4, -0.2) is 16.8 Å². The summed E-state index contributed by atoms with van der Waals surface area (Å²) in [5.74, 6) is -1.21. The van der Waals surface area contributed by atoms with Crippen LogP contribution in [0.5, 0.6) is 0 Å². The van der Waals surface area contributed by atoms with Crippen molar-refractivity contribution in [3.05, 3.63) is 23.5 Å². The van der Waals surface area contributed by atoms with Gasteiger partial charge >= 0.3 is 5.97 Å². The van der Waals surface area contributed by atoms with E-state index in [2.05, 4.69) is 0 Å². The number of nitrogen functional groups attached to an aromatic ring is 1. The molecule has 82 valence electrons. The predicted octanol–water partition coefficient (Wildman–Crippen LogP) is 2.61. The highest BCUT2D eigenvalue weighted by molar-refractivity contribution is 7.99. The summed E-state index contributed by atoms with van der Waals surface area (Å²) in [6, 6.07) is 2.34. The molecular weight excluding hydrogens is 217 g/mol. The lowest BCUT2D eigenvalue weighted by Crippen LogP contribution is -2.03. The summed E-state index contributed by atoms with van der Waals surface area (Å²) >= 11 is 1.42. The molecule has 1 aromatic rings. The Bertz CT molecular complexity index is 382. The standard InChI is InChI=1S/C10H12FNO2S/c1-2-3-15-9-5-7(11)6(10(13)14)4-8(9)12/h4-5H,2-3,12H2,1H3,(H,13,14). The zero-order valence-corrected chi connectivity index (χ0v) is 9.10. The van der Waals surface area contributed by atoms with Gasteiger partial charge in [-0.25, -0.2) is 9.18 Å². The molecule has 0 aliphatic heterocycles. The summed E-state index contributed by atoms with van der Waals surface area (Å²) in [6.07, 6.45) is 0.951. The van der Waals surface area contributed by atoms with Crippen LogP contribution < -0.4 is 5.73 Å². The van der Waals surface area contributed by atoms with Crippen molar-refractivity contribution in [3.8, 4) is 0 Å². The van der Waals surface area contributed by atoms with Gasteiger partial charge in [-0.2, -0.15) is 0 Å². The Morgan fingerprint density at radius 2 is 2.27 bits per heavy atom. The van der Waals surface area contributed by atoms with Gasteiger partial charge in [-0.15, -0.1) is 11.8 Å². The van der Waals surface area contributed by atoms with Crippen LogP contribution in [0.1, 0.15) is 23.7 Å². The maximum Gasteiger partial charge on any atom is 0.338 e. The number of benzene rings is 1. The van der Waals surface area contributed by atoms with Crippen molar-refractivity contribution in [3.63, 3.8) is 0 Å². The van der Waals surface area contributed by atoms with Crippen LogP contribution >= 0.6 is 11.8 Å². The van der Waals surface area contributed by atoms with E-state index in [0.717, 1.165) is 18.2 Å². The molecule has 1 aromatic carbocycles. The molecular formula is C10H12FNO2S. The van der Waals surface area contributed by atoms with Gasteiger partial charge in [0.2, 0.25) is 0 Å². The Morgan fingerprint density at radius 3 is 2.80 bits per heavy atom. The quantitative estimate of drug-likeness (QED) is 0.615. The minimum atomic E-state index is -1.30. The Kier molecular flexibility index (Phi) is 3.96. The van der Waals surface area contributed by atoms with Crippen molar-refractivity contribution in [2.24, 2.45) is 0 Å². The van der Waals surface area contributed by atoms with Crippen molar-refractivity contribution < 1.29 is 14.3 Å². The summed E-state index contributed by atoms with van der Waals surface area (Å²) in [4.78, 5) is 11.2. The number of carboxylic acids is 1. The molecule has 0 saturated carbocycles. The van der Waals surface area contributed by atoms with E-state index in [1.54, 1.807) is 0 Å². The molecule has 0 amide bonds. The van der Waals surface area contributed by atoms with Crippen molar-refractivity contribution >= 4 is 23.4 Å². The third-order valence-corrected chi connectivity index (χ3v) is 3.07. The molecule has 0 fully saturated rings. The number of carbonyl (C=O) groups is 1. The fourth-order valence-corrected chi connectivity index (χ4v) is 1.91. The number of nitrogens with two attached hydrogens (primary N) is 1. The number of aromatic carboxylic acids is 1. The topological polar surface area (TPSA) is 63.3 Å². The number of thioether (sulfide) groups is 1. The van der Waals surface area contributed by atoms with Crippen LogP contribution in [0.3, 0.4) is 0 Å². The summed E-state index contributed by atoms with van der Waals surface area (Å²) in [7, 11) is 0. The van der Waals surface area contributed by atoms with Crippen LogP contribution in [0.2, 0.25) is 0 Å². The van der Waals surface area contributed by atoms with E-state index in [4.69, 9.17) is 10.8 Å². The predicted molar refractivity (Wildman–Crippen MR) is 58.8 cm³/mol. The van der Waals surface area contributed by atoms with Crippen LogP contribution in [-0.2, 0) is 0 Å². The SMILES string of the molecule is CCCSc1cc(F)c(C(=O)O)cc1N. The van der Waals surface area contributed by atoms with Crippen LogP contribution in [0.25, 0.3) is 0 Å². The van der Waals surface area contributed by atoms with Gasteiger partial charge in [-0.3, -0.25) is 0 Å². The van der Waals surface area contributed by atoms with E-state index < -0.39 is 11.8 Å². The van der Waals surface area contributed by atoms with Gasteiger partial charge in [-0.1, -0.05) is 6.92 Å². The minimum absolute atomic E-state index is 0.312. The monoisotopic (exact) mass is 229 g/mol. The minimum Gasteiger partial charge on any atom is -0.478 e. The first-order chi connectivity index (χ1) is 7.06. The Labute approximate surface area is 91.5 Å². The van der Waals surface area contributed by atoms with E-state index in [1.807, 2.05) is 6.92 Å². The molecule has 0 radical (unpaired) electrons. The highest BCUT2D eigenvalue weighted by Gasteiger charge is 2.13. The number of carboxylic acid groups (broad SMARTS) is 1. The molecule has 0 spiro atoms. The van der Waals surface area contributed by atoms with Crippen molar-refractivity contribution in [2.75, 3.05) is 11.5 Å². The van der Waals surface area contributed by atoms with Gasteiger partial charge in [0.15, 0.2) is 0 Å². The molecule has 0 saturated heterocycles. The number of rotatable bonds is 4. The summed E-state index contributed by atoms with van der Waals surface area (Å²) in [5.41, 5.74) is 5.55. The zero-order valence-electron chi connectivity index (χ0n) is 8.29. The normalized spacial score (nSPS) is 10.3. The summed E-state index contributed by atoms with van der Waals surface area (Å²) < 4.78 is 13.3. The number of halogens is 1. The number of hydrogen-bond donors (Lipinski definition) is 2. The molecule has 0 heterocycles. The van der Waals surface area contributed by atoms with Gasteiger partial charge in [0.05, 0.1) is 5.56 Å². The summed E-state index contributed by atoms with van der Waals surface area (Å²) in [6.45, 7) is 2.01. The van der Waals surface area contributed by atoms with E-state index >= 15 is 0 Å². The van der Waals surface area contributed by atoms with Gasteiger partial charge in [0.1, 0.15) is 5.82 Å². The molecule has 0 unspecified atom stereocenters. The average Bonchev–Trinajstić information content (AvgIpc) is 2.18.